The average molecular weight is 229 g/mol. The lowest BCUT2D eigenvalue weighted by molar-refractivity contribution is 0.0168. The molecular formula is C12H23NOS. The number of thioether (sulfide) groups is 1. The molecule has 2 aliphatic heterocycles. The van der Waals surface area contributed by atoms with E-state index in [-0.39, 0.29) is 0 Å². The molecule has 0 aliphatic carbocycles. The average Bonchev–Trinajstić information content (AvgIpc) is 2.67. The minimum Gasteiger partial charge on any atom is -0.377 e. The molecule has 0 aromatic rings. The van der Waals surface area contributed by atoms with E-state index in [2.05, 4.69) is 24.0 Å². The standard InChI is InChI=1S/C12H23NOS/c1-12(6-4-8-15-12)10-13-9-11-5-2-3-7-14-11/h11,13H,2-10H2,1H3. The summed E-state index contributed by atoms with van der Waals surface area (Å²) in [5.41, 5.74) is 0. The predicted octanol–water partition coefficient (Wildman–Crippen LogP) is 2.43. The zero-order chi connectivity index (χ0) is 10.6. The van der Waals surface area contributed by atoms with Crippen LogP contribution in [0.4, 0.5) is 0 Å². The zero-order valence-electron chi connectivity index (χ0n) is 9.76. The topological polar surface area (TPSA) is 21.3 Å². The summed E-state index contributed by atoms with van der Waals surface area (Å²) >= 11 is 2.13. The first-order valence-corrected chi connectivity index (χ1v) is 7.23. The number of nitrogens with one attached hydrogen (secondary N) is 1. The molecular weight excluding hydrogens is 206 g/mol. The van der Waals surface area contributed by atoms with Crippen LogP contribution >= 0.6 is 11.8 Å². The Balaban J connectivity index is 1.61. The van der Waals surface area contributed by atoms with Crippen molar-refractivity contribution < 1.29 is 4.74 Å². The second kappa shape index (κ2) is 5.55. The highest BCUT2D eigenvalue weighted by Gasteiger charge is 2.29. The molecule has 88 valence electrons. The lowest BCUT2D eigenvalue weighted by atomic mass is 10.1. The molecule has 2 heterocycles. The predicted molar refractivity (Wildman–Crippen MR) is 66.6 cm³/mol. The molecule has 0 radical (unpaired) electrons. The zero-order valence-corrected chi connectivity index (χ0v) is 10.6. The van der Waals surface area contributed by atoms with Crippen molar-refractivity contribution >= 4 is 11.8 Å². The van der Waals surface area contributed by atoms with Gasteiger partial charge in [-0.2, -0.15) is 11.8 Å². The van der Waals surface area contributed by atoms with E-state index in [1.54, 1.807) is 0 Å². The summed E-state index contributed by atoms with van der Waals surface area (Å²) in [6.45, 7) is 5.56. The van der Waals surface area contributed by atoms with Crippen molar-refractivity contribution in [1.29, 1.82) is 0 Å². The van der Waals surface area contributed by atoms with Gasteiger partial charge in [-0.05, 0) is 44.8 Å². The first-order chi connectivity index (χ1) is 7.29. The van der Waals surface area contributed by atoms with Crippen LogP contribution in [0.5, 0.6) is 0 Å². The Morgan fingerprint density at radius 3 is 3.00 bits per heavy atom. The number of hydrogen-bond donors (Lipinski definition) is 1. The maximum atomic E-state index is 5.71. The van der Waals surface area contributed by atoms with Gasteiger partial charge in [0, 0.05) is 24.4 Å². The first kappa shape index (κ1) is 11.7. The van der Waals surface area contributed by atoms with Crippen LogP contribution in [0, 0.1) is 0 Å². The maximum absolute atomic E-state index is 5.71. The van der Waals surface area contributed by atoms with E-state index < -0.39 is 0 Å². The molecule has 0 aromatic heterocycles. The van der Waals surface area contributed by atoms with E-state index in [1.165, 1.54) is 37.9 Å². The first-order valence-electron chi connectivity index (χ1n) is 6.25. The van der Waals surface area contributed by atoms with Gasteiger partial charge in [-0.15, -0.1) is 0 Å². The third-order valence-electron chi connectivity index (χ3n) is 3.45. The fraction of sp³-hybridized carbons (Fsp3) is 1.00. The van der Waals surface area contributed by atoms with Gasteiger partial charge in [0.2, 0.25) is 0 Å². The number of rotatable bonds is 4. The van der Waals surface area contributed by atoms with Crippen LogP contribution in [0.2, 0.25) is 0 Å². The highest BCUT2D eigenvalue weighted by atomic mass is 32.2. The minimum atomic E-state index is 0.480. The van der Waals surface area contributed by atoms with Crippen molar-refractivity contribution in [2.24, 2.45) is 0 Å². The fourth-order valence-corrected chi connectivity index (χ4v) is 3.72. The molecule has 2 nitrogen and oxygen atoms in total. The van der Waals surface area contributed by atoms with Gasteiger partial charge in [-0.3, -0.25) is 0 Å². The molecule has 0 spiro atoms. The SMILES string of the molecule is CC1(CNCC2CCCCO2)CCCS1. The molecule has 0 saturated carbocycles. The lowest BCUT2D eigenvalue weighted by Gasteiger charge is -2.27. The Kier molecular flexibility index (Phi) is 4.35. The second-order valence-electron chi connectivity index (χ2n) is 5.02. The maximum Gasteiger partial charge on any atom is 0.0699 e. The molecule has 0 bridgehead atoms. The molecule has 0 amide bonds. The van der Waals surface area contributed by atoms with E-state index in [0.29, 0.717) is 10.9 Å². The lowest BCUT2D eigenvalue weighted by Crippen LogP contribution is -2.39. The van der Waals surface area contributed by atoms with Gasteiger partial charge in [-0.1, -0.05) is 0 Å². The molecule has 2 fully saturated rings. The van der Waals surface area contributed by atoms with Gasteiger partial charge in [-0.25, -0.2) is 0 Å². The van der Waals surface area contributed by atoms with Gasteiger partial charge in [0.1, 0.15) is 0 Å². The highest BCUT2D eigenvalue weighted by Crippen LogP contribution is 2.36. The summed E-state index contributed by atoms with van der Waals surface area (Å²) in [6.07, 6.45) is 7.09. The largest absolute Gasteiger partial charge is 0.377 e. The van der Waals surface area contributed by atoms with Crippen molar-refractivity contribution in [2.75, 3.05) is 25.4 Å². The molecule has 2 saturated heterocycles. The van der Waals surface area contributed by atoms with E-state index in [1.807, 2.05) is 0 Å². The molecule has 2 aliphatic rings. The fourth-order valence-electron chi connectivity index (χ4n) is 2.44. The van der Waals surface area contributed by atoms with Crippen LogP contribution < -0.4 is 5.32 Å². The van der Waals surface area contributed by atoms with Gasteiger partial charge >= 0.3 is 0 Å². The summed E-state index contributed by atoms with van der Waals surface area (Å²) in [7, 11) is 0. The third kappa shape index (κ3) is 3.65. The van der Waals surface area contributed by atoms with Crippen LogP contribution in [-0.2, 0) is 4.74 Å². The van der Waals surface area contributed by atoms with Gasteiger partial charge in [0.25, 0.3) is 0 Å². The van der Waals surface area contributed by atoms with Crippen LogP contribution in [-0.4, -0.2) is 36.3 Å². The molecule has 3 heteroatoms. The van der Waals surface area contributed by atoms with E-state index in [0.717, 1.165) is 19.7 Å². The Morgan fingerprint density at radius 1 is 1.40 bits per heavy atom. The van der Waals surface area contributed by atoms with Crippen LogP contribution in [0.3, 0.4) is 0 Å². The van der Waals surface area contributed by atoms with Crippen molar-refractivity contribution in [3.63, 3.8) is 0 Å². The number of hydrogen-bond acceptors (Lipinski definition) is 3. The van der Waals surface area contributed by atoms with Gasteiger partial charge in [0.15, 0.2) is 0 Å². The number of ether oxygens (including phenoxy) is 1. The van der Waals surface area contributed by atoms with Crippen molar-refractivity contribution in [1.82, 2.24) is 5.32 Å². The molecule has 15 heavy (non-hydrogen) atoms. The van der Waals surface area contributed by atoms with E-state index in [4.69, 9.17) is 4.74 Å². The normalized spacial score (nSPS) is 37.0. The van der Waals surface area contributed by atoms with Gasteiger partial charge in [0.05, 0.1) is 6.10 Å². The molecule has 2 rings (SSSR count). The Labute approximate surface area is 97.5 Å². The summed E-state index contributed by atoms with van der Waals surface area (Å²) in [5.74, 6) is 1.35. The van der Waals surface area contributed by atoms with Crippen molar-refractivity contribution in [3.8, 4) is 0 Å². The Bertz CT molecular complexity index is 186. The Hall–Kier alpha value is 0.270. The van der Waals surface area contributed by atoms with Crippen molar-refractivity contribution in [2.45, 2.75) is 49.9 Å². The second-order valence-corrected chi connectivity index (χ2v) is 6.70. The summed E-state index contributed by atoms with van der Waals surface area (Å²) in [5, 5.41) is 3.59. The van der Waals surface area contributed by atoms with Crippen LogP contribution in [0.15, 0.2) is 0 Å². The van der Waals surface area contributed by atoms with E-state index >= 15 is 0 Å². The smallest absolute Gasteiger partial charge is 0.0699 e. The summed E-state index contributed by atoms with van der Waals surface area (Å²) in [4.78, 5) is 0. The highest BCUT2D eigenvalue weighted by molar-refractivity contribution is 8.00. The summed E-state index contributed by atoms with van der Waals surface area (Å²) < 4.78 is 6.20. The summed E-state index contributed by atoms with van der Waals surface area (Å²) in [6, 6.07) is 0. The molecule has 1 N–H and O–H groups in total. The molecule has 0 aromatic carbocycles. The van der Waals surface area contributed by atoms with E-state index in [9.17, 15) is 0 Å². The van der Waals surface area contributed by atoms with Gasteiger partial charge < -0.3 is 10.1 Å². The van der Waals surface area contributed by atoms with Crippen LogP contribution in [0.1, 0.15) is 39.0 Å². The third-order valence-corrected chi connectivity index (χ3v) is 4.98. The molecule has 2 atom stereocenters. The van der Waals surface area contributed by atoms with Crippen molar-refractivity contribution in [3.05, 3.63) is 0 Å². The van der Waals surface area contributed by atoms with Crippen LogP contribution in [0.25, 0.3) is 0 Å². The quantitative estimate of drug-likeness (QED) is 0.800. The molecule has 2 unspecified atom stereocenters. The minimum absolute atomic E-state index is 0.480. The Morgan fingerprint density at radius 2 is 2.33 bits per heavy atom. The monoisotopic (exact) mass is 229 g/mol.